The molecule has 2 rings (SSSR count). The minimum Gasteiger partial charge on any atom is -0.466 e. The summed E-state index contributed by atoms with van der Waals surface area (Å²) < 4.78 is 5.15. The van der Waals surface area contributed by atoms with Crippen molar-refractivity contribution in [3.05, 3.63) is 29.3 Å². The maximum Gasteiger partial charge on any atom is 0.320 e. The lowest BCUT2D eigenvalue weighted by atomic mass is 9.84. The maximum atomic E-state index is 13.8. The Kier molecular flexibility index (Phi) is 11.0. The summed E-state index contributed by atoms with van der Waals surface area (Å²) in [5, 5.41) is 6.27. The minimum atomic E-state index is -0.992. The number of nitrogens with zero attached hydrogens (tertiary/aromatic N) is 1. The average molecular weight is 480 g/mol. The Labute approximate surface area is 202 Å². The molecule has 0 aromatic heterocycles. The largest absolute Gasteiger partial charge is 0.466 e. The van der Waals surface area contributed by atoms with Crippen LogP contribution in [0, 0.1) is 5.92 Å². The van der Waals surface area contributed by atoms with E-state index in [1.807, 2.05) is 0 Å². The number of likely N-dealkylation sites (tertiary alicyclic amines) is 1. The topological polar surface area (TPSA) is 87.7 Å². The SMILES string of the molecule is CCCCC(CCCC)(NC(=O)Nc1ccccc1Cl)C(=O)N1CCC(C(=O)OCC)CC1. The summed E-state index contributed by atoms with van der Waals surface area (Å²) in [4.78, 5) is 40.7. The van der Waals surface area contributed by atoms with Crippen molar-refractivity contribution in [2.45, 2.75) is 77.7 Å². The van der Waals surface area contributed by atoms with E-state index in [0.717, 1.165) is 25.7 Å². The van der Waals surface area contributed by atoms with Gasteiger partial charge < -0.3 is 20.3 Å². The molecule has 1 heterocycles. The molecule has 1 saturated heterocycles. The number of carbonyl (C=O) groups excluding carboxylic acids is 3. The summed E-state index contributed by atoms with van der Waals surface area (Å²) in [6.45, 7) is 7.27. The Morgan fingerprint density at radius 3 is 2.21 bits per heavy atom. The number of benzene rings is 1. The lowest BCUT2D eigenvalue weighted by Crippen LogP contribution is -2.61. The van der Waals surface area contributed by atoms with Crippen LogP contribution in [0.3, 0.4) is 0 Å². The van der Waals surface area contributed by atoms with Crippen LogP contribution in [0.1, 0.15) is 72.1 Å². The average Bonchev–Trinajstić information content (AvgIpc) is 2.82. The van der Waals surface area contributed by atoms with Crippen molar-refractivity contribution in [3.63, 3.8) is 0 Å². The molecule has 1 fully saturated rings. The van der Waals surface area contributed by atoms with Crippen molar-refractivity contribution in [2.75, 3.05) is 25.0 Å². The van der Waals surface area contributed by atoms with E-state index in [-0.39, 0.29) is 17.8 Å². The number of amides is 3. The first-order valence-corrected chi connectivity index (χ1v) is 12.5. The van der Waals surface area contributed by atoms with Crippen LogP contribution in [0.25, 0.3) is 0 Å². The van der Waals surface area contributed by atoms with Crippen molar-refractivity contribution in [1.29, 1.82) is 0 Å². The van der Waals surface area contributed by atoms with Crippen LogP contribution in [0.15, 0.2) is 24.3 Å². The maximum absolute atomic E-state index is 13.8. The summed E-state index contributed by atoms with van der Waals surface area (Å²) in [7, 11) is 0. The minimum absolute atomic E-state index is 0.0685. The monoisotopic (exact) mass is 479 g/mol. The van der Waals surface area contributed by atoms with Gasteiger partial charge >= 0.3 is 12.0 Å². The highest BCUT2D eigenvalue weighted by Crippen LogP contribution is 2.29. The predicted molar refractivity (Wildman–Crippen MR) is 131 cm³/mol. The first-order chi connectivity index (χ1) is 15.9. The number of anilines is 1. The molecule has 1 aliphatic heterocycles. The van der Waals surface area contributed by atoms with Gasteiger partial charge in [-0.3, -0.25) is 9.59 Å². The lowest BCUT2D eigenvalue weighted by Gasteiger charge is -2.40. The summed E-state index contributed by atoms with van der Waals surface area (Å²) in [6, 6.07) is 6.58. The molecule has 3 amide bonds. The van der Waals surface area contributed by atoms with Gasteiger partial charge in [0.1, 0.15) is 5.54 Å². The smallest absolute Gasteiger partial charge is 0.320 e. The fourth-order valence-electron chi connectivity index (χ4n) is 4.29. The van der Waals surface area contributed by atoms with Crippen molar-refractivity contribution in [1.82, 2.24) is 10.2 Å². The van der Waals surface area contributed by atoms with Gasteiger partial charge in [-0.2, -0.15) is 0 Å². The standard InChI is InChI=1S/C25H38ClN3O4/c1-4-7-15-25(16-8-5-2,28-24(32)27-21-12-10-9-11-20(21)26)23(31)29-17-13-19(14-18-29)22(30)33-6-3/h9-12,19H,4-8,13-18H2,1-3H3,(H2,27,28,32). The molecule has 1 aromatic rings. The van der Waals surface area contributed by atoms with Gasteiger partial charge in [0.05, 0.1) is 23.2 Å². The highest BCUT2D eigenvalue weighted by Gasteiger charge is 2.43. The van der Waals surface area contributed by atoms with Crippen LogP contribution in [0.5, 0.6) is 0 Å². The number of hydrogen-bond donors (Lipinski definition) is 2. The number of esters is 1. The van der Waals surface area contributed by atoms with E-state index in [2.05, 4.69) is 24.5 Å². The van der Waals surface area contributed by atoms with Crippen LogP contribution in [0.4, 0.5) is 10.5 Å². The van der Waals surface area contributed by atoms with E-state index >= 15 is 0 Å². The second-order valence-corrected chi connectivity index (χ2v) is 9.07. The lowest BCUT2D eigenvalue weighted by molar-refractivity contribution is -0.152. The van der Waals surface area contributed by atoms with E-state index in [1.54, 1.807) is 36.1 Å². The summed E-state index contributed by atoms with van der Waals surface area (Å²) in [5.41, 5.74) is -0.493. The van der Waals surface area contributed by atoms with Crippen LogP contribution >= 0.6 is 11.6 Å². The van der Waals surface area contributed by atoms with Crippen molar-refractivity contribution in [2.24, 2.45) is 5.92 Å². The van der Waals surface area contributed by atoms with Crippen LogP contribution in [-0.4, -0.2) is 48.0 Å². The molecule has 8 heteroatoms. The highest BCUT2D eigenvalue weighted by molar-refractivity contribution is 6.33. The second kappa shape index (κ2) is 13.4. The van der Waals surface area contributed by atoms with E-state index in [9.17, 15) is 14.4 Å². The molecule has 33 heavy (non-hydrogen) atoms. The number of urea groups is 1. The zero-order chi connectivity index (χ0) is 24.3. The van der Waals surface area contributed by atoms with Gasteiger partial charge in [0.2, 0.25) is 5.91 Å². The Balaban J connectivity index is 2.19. The summed E-state index contributed by atoms with van der Waals surface area (Å²) in [6.07, 6.45) is 5.76. The number of hydrogen-bond acceptors (Lipinski definition) is 4. The Hall–Kier alpha value is -2.28. The van der Waals surface area contributed by atoms with Crippen molar-refractivity contribution >= 4 is 35.2 Å². The van der Waals surface area contributed by atoms with Gasteiger partial charge in [-0.15, -0.1) is 0 Å². The number of rotatable bonds is 11. The van der Waals surface area contributed by atoms with Crippen molar-refractivity contribution in [3.8, 4) is 0 Å². The number of piperidine rings is 1. The van der Waals surface area contributed by atoms with E-state index < -0.39 is 11.6 Å². The molecule has 0 aliphatic carbocycles. The molecule has 0 saturated carbocycles. The molecule has 0 unspecified atom stereocenters. The van der Waals surface area contributed by atoms with Gasteiger partial charge in [0, 0.05) is 13.1 Å². The normalized spacial score (nSPS) is 14.6. The number of nitrogens with one attached hydrogen (secondary N) is 2. The summed E-state index contributed by atoms with van der Waals surface area (Å²) >= 11 is 6.20. The van der Waals surface area contributed by atoms with Crippen LogP contribution < -0.4 is 10.6 Å². The molecule has 1 aliphatic rings. The van der Waals surface area contributed by atoms with E-state index in [4.69, 9.17) is 16.3 Å². The van der Waals surface area contributed by atoms with Gasteiger partial charge in [0.25, 0.3) is 0 Å². The third-order valence-corrected chi connectivity index (χ3v) is 6.53. The molecule has 184 valence electrons. The van der Waals surface area contributed by atoms with Crippen LogP contribution in [-0.2, 0) is 14.3 Å². The van der Waals surface area contributed by atoms with Crippen molar-refractivity contribution < 1.29 is 19.1 Å². The fraction of sp³-hybridized carbons (Fsp3) is 0.640. The first kappa shape index (κ1) is 27.0. The summed E-state index contributed by atoms with van der Waals surface area (Å²) in [5.74, 6) is -0.433. The van der Waals surface area contributed by atoms with Gasteiger partial charge in [-0.1, -0.05) is 63.3 Å². The Bertz CT molecular complexity index is 786. The van der Waals surface area contributed by atoms with Gasteiger partial charge in [-0.05, 0) is 44.7 Å². The predicted octanol–water partition coefficient (Wildman–Crippen LogP) is 5.38. The number of halogens is 1. The molecule has 7 nitrogen and oxygen atoms in total. The van der Waals surface area contributed by atoms with Gasteiger partial charge in [-0.25, -0.2) is 4.79 Å². The molecule has 2 N–H and O–H groups in total. The molecule has 0 atom stereocenters. The molecule has 0 spiro atoms. The number of para-hydroxylation sites is 1. The third-order valence-electron chi connectivity index (χ3n) is 6.20. The molecule has 0 bridgehead atoms. The Morgan fingerprint density at radius 1 is 1.06 bits per heavy atom. The van der Waals surface area contributed by atoms with E-state index in [1.165, 1.54) is 0 Å². The fourth-order valence-corrected chi connectivity index (χ4v) is 4.47. The quantitative estimate of drug-likeness (QED) is 0.417. The van der Waals surface area contributed by atoms with Crippen LogP contribution in [0.2, 0.25) is 5.02 Å². The number of ether oxygens (including phenoxy) is 1. The third kappa shape index (κ3) is 7.63. The Morgan fingerprint density at radius 2 is 1.67 bits per heavy atom. The second-order valence-electron chi connectivity index (χ2n) is 8.67. The van der Waals surface area contributed by atoms with E-state index in [0.29, 0.717) is 56.1 Å². The molecule has 1 aromatic carbocycles. The zero-order valence-electron chi connectivity index (χ0n) is 20.1. The molecule has 0 radical (unpaired) electrons. The molecular weight excluding hydrogens is 442 g/mol. The van der Waals surface area contributed by atoms with Gasteiger partial charge in [0.15, 0.2) is 0 Å². The number of carbonyl (C=O) groups is 3. The first-order valence-electron chi connectivity index (χ1n) is 12.2. The zero-order valence-corrected chi connectivity index (χ0v) is 20.9. The number of unbranched alkanes of at least 4 members (excludes halogenated alkanes) is 2. The highest BCUT2D eigenvalue weighted by atomic mass is 35.5. The molecular formula is C25H38ClN3O4.